The van der Waals surface area contributed by atoms with Gasteiger partial charge in [0.05, 0.1) is 27.9 Å². The molecule has 2 heterocycles. The summed E-state index contributed by atoms with van der Waals surface area (Å²) in [6.07, 6.45) is 1.96. The predicted octanol–water partition coefficient (Wildman–Crippen LogP) is 4.42. The second-order valence-electron chi connectivity index (χ2n) is 8.17. The van der Waals surface area contributed by atoms with Gasteiger partial charge in [-0.25, -0.2) is 0 Å². The first-order chi connectivity index (χ1) is 16.6. The molecular weight excluding hydrogens is 477 g/mol. The lowest BCUT2D eigenvalue weighted by atomic mass is 10.2. The highest BCUT2D eigenvalue weighted by Crippen LogP contribution is 2.32. The number of hydrogen-bond donors (Lipinski definition) is 0. The van der Waals surface area contributed by atoms with Gasteiger partial charge in [-0.2, -0.15) is 0 Å². The third-order valence-electron chi connectivity index (χ3n) is 6.02. The summed E-state index contributed by atoms with van der Waals surface area (Å²) >= 11 is 12.5. The Balaban J connectivity index is 1.23. The average molecular weight is 504 g/mol. The molecular formula is C25H27Cl2N3O4. The van der Waals surface area contributed by atoms with Crippen molar-refractivity contribution in [2.75, 3.05) is 44.2 Å². The van der Waals surface area contributed by atoms with Gasteiger partial charge in [-0.3, -0.25) is 19.1 Å². The van der Waals surface area contributed by atoms with Crippen molar-refractivity contribution in [2.24, 2.45) is 0 Å². The highest BCUT2D eigenvalue weighted by Gasteiger charge is 2.19. The topological polar surface area (TPSA) is 64.0 Å². The van der Waals surface area contributed by atoms with Gasteiger partial charge < -0.3 is 14.4 Å². The van der Waals surface area contributed by atoms with E-state index in [9.17, 15) is 9.59 Å². The number of fused-ring (bicyclic) bond motifs is 1. The number of aromatic nitrogens is 1. The molecule has 1 aromatic heterocycles. The molecule has 3 aromatic rings. The van der Waals surface area contributed by atoms with E-state index in [2.05, 4.69) is 9.80 Å². The monoisotopic (exact) mass is 503 g/mol. The SMILES string of the molecule is O=COCn1c(=O)ccc2ccc(OCCCCN3CCN(c4cccc(Cl)c4Cl)CC3)cc21. The van der Waals surface area contributed by atoms with Crippen molar-refractivity contribution in [3.8, 4) is 5.75 Å². The highest BCUT2D eigenvalue weighted by atomic mass is 35.5. The number of halogens is 2. The van der Waals surface area contributed by atoms with Gasteiger partial charge in [0, 0.05) is 38.3 Å². The zero-order valence-electron chi connectivity index (χ0n) is 18.8. The number of piperazine rings is 1. The first-order valence-electron chi connectivity index (χ1n) is 11.3. The number of carbonyl (C=O) groups excluding carboxylic acids is 1. The molecule has 0 radical (unpaired) electrons. The Morgan fingerprint density at radius 3 is 2.56 bits per heavy atom. The largest absolute Gasteiger partial charge is 0.494 e. The van der Waals surface area contributed by atoms with Gasteiger partial charge in [0.15, 0.2) is 6.73 Å². The molecule has 2 aromatic carbocycles. The summed E-state index contributed by atoms with van der Waals surface area (Å²) in [5.74, 6) is 0.685. The lowest BCUT2D eigenvalue weighted by molar-refractivity contribution is -0.132. The van der Waals surface area contributed by atoms with Crippen molar-refractivity contribution in [3.05, 3.63) is 68.9 Å². The van der Waals surface area contributed by atoms with Crippen LogP contribution in [0.25, 0.3) is 10.9 Å². The molecule has 0 unspecified atom stereocenters. The van der Waals surface area contributed by atoms with Crippen LogP contribution in [0.5, 0.6) is 5.75 Å². The normalized spacial score (nSPS) is 14.4. The van der Waals surface area contributed by atoms with Gasteiger partial charge in [-0.05, 0) is 55.1 Å². The molecule has 9 heteroatoms. The molecule has 0 atom stereocenters. The van der Waals surface area contributed by atoms with Crippen LogP contribution in [0.3, 0.4) is 0 Å². The summed E-state index contributed by atoms with van der Waals surface area (Å²) in [4.78, 5) is 27.4. The van der Waals surface area contributed by atoms with Crippen molar-refractivity contribution in [3.63, 3.8) is 0 Å². The first kappa shape index (κ1) is 24.4. The van der Waals surface area contributed by atoms with Crippen LogP contribution in [0.15, 0.2) is 53.3 Å². The Kier molecular flexibility index (Phi) is 8.32. The van der Waals surface area contributed by atoms with Crippen molar-refractivity contribution in [1.82, 2.24) is 9.47 Å². The second-order valence-corrected chi connectivity index (χ2v) is 8.95. The zero-order chi connectivity index (χ0) is 23.9. The molecule has 0 aliphatic carbocycles. The fourth-order valence-corrected chi connectivity index (χ4v) is 4.59. The maximum Gasteiger partial charge on any atom is 0.294 e. The van der Waals surface area contributed by atoms with Crippen LogP contribution < -0.4 is 15.2 Å². The van der Waals surface area contributed by atoms with Gasteiger partial charge >= 0.3 is 0 Å². The highest BCUT2D eigenvalue weighted by molar-refractivity contribution is 6.43. The van der Waals surface area contributed by atoms with Gasteiger partial charge in [0.1, 0.15) is 5.75 Å². The number of anilines is 1. The first-order valence-corrected chi connectivity index (χ1v) is 12.1. The molecule has 0 N–H and O–H groups in total. The molecule has 0 saturated carbocycles. The Labute approximate surface area is 208 Å². The maximum atomic E-state index is 12.1. The number of hydrogen-bond acceptors (Lipinski definition) is 6. The maximum absolute atomic E-state index is 12.1. The quantitative estimate of drug-likeness (QED) is 0.301. The van der Waals surface area contributed by atoms with Gasteiger partial charge in [0.2, 0.25) is 0 Å². The molecule has 1 fully saturated rings. The van der Waals surface area contributed by atoms with E-state index >= 15 is 0 Å². The van der Waals surface area contributed by atoms with Crippen LogP contribution >= 0.6 is 23.2 Å². The average Bonchev–Trinajstić information content (AvgIpc) is 2.85. The van der Waals surface area contributed by atoms with Crippen LogP contribution in [0, 0.1) is 0 Å². The molecule has 34 heavy (non-hydrogen) atoms. The minimum Gasteiger partial charge on any atom is -0.494 e. The standard InChI is InChI=1S/C25H27Cl2N3O4/c26-21-4-3-5-22(25(21)27)29-13-11-28(12-14-29)10-1-2-15-34-20-8-6-19-7-9-24(32)30(17-33-18-31)23(19)16-20/h3-9,16,18H,1-2,10-15,17H2. The number of nitrogens with zero attached hydrogens (tertiary/aromatic N) is 3. The third kappa shape index (κ3) is 5.84. The van der Waals surface area contributed by atoms with E-state index in [1.807, 2.05) is 36.4 Å². The number of ether oxygens (including phenoxy) is 2. The van der Waals surface area contributed by atoms with Crippen molar-refractivity contribution < 1.29 is 14.3 Å². The number of carbonyl (C=O) groups is 1. The Morgan fingerprint density at radius 2 is 1.76 bits per heavy atom. The van der Waals surface area contributed by atoms with Crippen molar-refractivity contribution >= 4 is 46.3 Å². The smallest absolute Gasteiger partial charge is 0.294 e. The summed E-state index contributed by atoms with van der Waals surface area (Å²) < 4.78 is 12.1. The van der Waals surface area contributed by atoms with Gasteiger partial charge in [0.25, 0.3) is 12.0 Å². The number of benzene rings is 2. The molecule has 1 aliphatic heterocycles. The molecule has 1 aliphatic rings. The molecule has 0 amide bonds. The minimum absolute atomic E-state index is 0.125. The second kappa shape index (κ2) is 11.6. The number of rotatable bonds is 10. The zero-order valence-corrected chi connectivity index (χ0v) is 20.3. The minimum atomic E-state index is -0.232. The van der Waals surface area contributed by atoms with E-state index < -0.39 is 0 Å². The third-order valence-corrected chi connectivity index (χ3v) is 6.83. The lowest BCUT2D eigenvalue weighted by Crippen LogP contribution is -2.46. The summed E-state index contributed by atoms with van der Waals surface area (Å²) in [5, 5.41) is 2.09. The van der Waals surface area contributed by atoms with E-state index in [4.69, 9.17) is 32.7 Å². The summed E-state index contributed by atoms with van der Waals surface area (Å²) in [5.41, 5.74) is 1.44. The summed E-state index contributed by atoms with van der Waals surface area (Å²) in [6, 6.07) is 14.6. The molecule has 0 bridgehead atoms. The summed E-state index contributed by atoms with van der Waals surface area (Å²) in [7, 11) is 0. The molecule has 180 valence electrons. The van der Waals surface area contributed by atoms with Crippen molar-refractivity contribution in [1.29, 1.82) is 0 Å². The molecule has 4 rings (SSSR count). The van der Waals surface area contributed by atoms with Crippen LogP contribution in [0.1, 0.15) is 12.8 Å². The molecule has 1 saturated heterocycles. The van der Waals surface area contributed by atoms with E-state index in [1.54, 1.807) is 6.07 Å². The number of unbranched alkanes of at least 4 members (excludes halogenated alkanes) is 1. The Hall–Kier alpha value is -2.74. The van der Waals surface area contributed by atoms with E-state index in [0.29, 0.717) is 34.4 Å². The lowest BCUT2D eigenvalue weighted by Gasteiger charge is -2.36. The van der Waals surface area contributed by atoms with Crippen LogP contribution in [0.4, 0.5) is 5.69 Å². The van der Waals surface area contributed by atoms with Crippen molar-refractivity contribution in [2.45, 2.75) is 19.6 Å². The van der Waals surface area contributed by atoms with E-state index in [1.165, 1.54) is 10.6 Å². The van der Waals surface area contributed by atoms with Crippen LogP contribution in [0.2, 0.25) is 10.0 Å². The number of pyridine rings is 1. The fraction of sp³-hybridized carbons (Fsp3) is 0.360. The van der Waals surface area contributed by atoms with Gasteiger partial charge in [-0.1, -0.05) is 29.3 Å². The molecule has 0 spiro atoms. The fourth-order valence-electron chi connectivity index (χ4n) is 4.17. The Morgan fingerprint density at radius 1 is 0.971 bits per heavy atom. The Bertz CT molecular complexity index is 1190. The van der Waals surface area contributed by atoms with Gasteiger partial charge in [-0.15, -0.1) is 0 Å². The predicted molar refractivity (Wildman–Crippen MR) is 135 cm³/mol. The molecule has 7 nitrogen and oxygen atoms in total. The van der Waals surface area contributed by atoms with Crippen LogP contribution in [-0.2, 0) is 16.3 Å². The van der Waals surface area contributed by atoms with E-state index in [-0.39, 0.29) is 12.3 Å². The van der Waals surface area contributed by atoms with E-state index in [0.717, 1.165) is 56.6 Å². The van der Waals surface area contributed by atoms with Crippen LogP contribution in [-0.4, -0.2) is 55.3 Å². The summed E-state index contributed by atoms with van der Waals surface area (Å²) in [6.45, 7) is 5.61.